The van der Waals surface area contributed by atoms with E-state index in [1.165, 1.54) is 5.56 Å². The average Bonchev–Trinajstić information content (AvgIpc) is 2.85. The molecule has 0 atom stereocenters. The molecular formula is C16H20O2Si. The number of rotatable bonds is 4. The van der Waals surface area contributed by atoms with E-state index >= 15 is 0 Å². The van der Waals surface area contributed by atoms with Crippen LogP contribution < -0.4 is 10.1 Å². The minimum atomic E-state index is -1.42. The van der Waals surface area contributed by atoms with Crippen LogP contribution in [0.25, 0.3) is 12.2 Å². The van der Waals surface area contributed by atoms with Gasteiger partial charge in [0.05, 0.1) is 18.8 Å². The molecule has 2 aromatic rings. The monoisotopic (exact) mass is 272 g/mol. The second-order valence-corrected chi connectivity index (χ2v) is 10.5. The van der Waals surface area contributed by atoms with E-state index in [9.17, 15) is 0 Å². The van der Waals surface area contributed by atoms with Crippen molar-refractivity contribution >= 4 is 25.6 Å². The standard InChI is InChI=1S/C16H20O2Si/c1-17-15-9-6-13(7-10-15)5-8-14-11-12-18-16(14)19(2,3)4/h5-12H,1-4H3/b8-5-. The Bertz CT molecular complexity index is 559. The lowest BCUT2D eigenvalue weighted by molar-refractivity contribution is 0.415. The predicted octanol–water partition coefficient (Wildman–Crippen LogP) is 4.00. The Kier molecular flexibility index (Phi) is 3.95. The Morgan fingerprint density at radius 3 is 2.26 bits per heavy atom. The zero-order valence-electron chi connectivity index (χ0n) is 11.9. The van der Waals surface area contributed by atoms with Crippen molar-refractivity contribution in [3.8, 4) is 5.75 Å². The summed E-state index contributed by atoms with van der Waals surface area (Å²) in [4.78, 5) is 0. The maximum absolute atomic E-state index is 5.64. The average molecular weight is 272 g/mol. The highest BCUT2D eigenvalue weighted by atomic mass is 28.3. The van der Waals surface area contributed by atoms with E-state index < -0.39 is 8.07 Å². The molecule has 1 aromatic carbocycles. The first-order chi connectivity index (χ1) is 9.00. The zero-order valence-corrected chi connectivity index (χ0v) is 12.9. The van der Waals surface area contributed by atoms with E-state index in [0.717, 1.165) is 16.7 Å². The minimum absolute atomic E-state index is 0.878. The summed E-state index contributed by atoms with van der Waals surface area (Å²) in [5, 5.41) is 1.15. The Morgan fingerprint density at radius 1 is 1.00 bits per heavy atom. The molecule has 0 bridgehead atoms. The molecule has 0 aliphatic carbocycles. The normalized spacial score (nSPS) is 12.0. The van der Waals surface area contributed by atoms with Crippen LogP contribution in [0.15, 0.2) is 41.0 Å². The van der Waals surface area contributed by atoms with Crippen LogP contribution in [0.3, 0.4) is 0 Å². The SMILES string of the molecule is COc1ccc(/C=C\c2ccoc2[Si](C)(C)C)cc1. The van der Waals surface area contributed by atoms with Gasteiger partial charge in [-0.05, 0) is 23.8 Å². The smallest absolute Gasteiger partial charge is 0.124 e. The molecule has 0 radical (unpaired) electrons. The lowest BCUT2D eigenvalue weighted by Crippen LogP contribution is -2.37. The van der Waals surface area contributed by atoms with E-state index in [4.69, 9.17) is 9.15 Å². The van der Waals surface area contributed by atoms with Crippen molar-refractivity contribution < 1.29 is 9.15 Å². The molecule has 3 heteroatoms. The van der Waals surface area contributed by atoms with Crippen LogP contribution >= 0.6 is 0 Å². The summed E-state index contributed by atoms with van der Waals surface area (Å²) in [6.07, 6.45) is 6.01. The third-order valence-electron chi connectivity index (χ3n) is 2.95. The van der Waals surface area contributed by atoms with Gasteiger partial charge in [0.15, 0.2) is 0 Å². The van der Waals surface area contributed by atoms with E-state index in [-0.39, 0.29) is 0 Å². The highest BCUT2D eigenvalue weighted by Crippen LogP contribution is 2.15. The third kappa shape index (κ3) is 3.38. The maximum atomic E-state index is 5.64. The van der Waals surface area contributed by atoms with Gasteiger partial charge < -0.3 is 9.15 Å². The Balaban J connectivity index is 2.20. The molecule has 0 saturated carbocycles. The largest absolute Gasteiger partial charge is 0.497 e. The molecule has 0 amide bonds. The first-order valence-electron chi connectivity index (χ1n) is 6.41. The van der Waals surface area contributed by atoms with Gasteiger partial charge in [-0.1, -0.05) is 43.9 Å². The zero-order chi connectivity index (χ0) is 13.9. The highest BCUT2D eigenvalue weighted by molar-refractivity contribution is 6.88. The van der Waals surface area contributed by atoms with Crippen molar-refractivity contribution in [3.05, 3.63) is 47.7 Å². The van der Waals surface area contributed by atoms with Crippen molar-refractivity contribution in [1.29, 1.82) is 0 Å². The Labute approximate surface area is 115 Å². The van der Waals surface area contributed by atoms with Gasteiger partial charge in [0.2, 0.25) is 0 Å². The molecule has 0 N–H and O–H groups in total. The lowest BCUT2D eigenvalue weighted by Gasteiger charge is -2.13. The molecule has 0 fully saturated rings. The first-order valence-corrected chi connectivity index (χ1v) is 9.91. The minimum Gasteiger partial charge on any atom is -0.497 e. The molecule has 0 aliphatic heterocycles. The highest BCUT2D eigenvalue weighted by Gasteiger charge is 2.22. The van der Waals surface area contributed by atoms with Gasteiger partial charge in [-0.3, -0.25) is 0 Å². The van der Waals surface area contributed by atoms with Crippen molar-refractivity contribution in [2.45, 2.75) is 19.6 Å². The summed E-state index contributed by atoms with van der Waals surface area (Å²) in [5.41, 5.74) is 2.35. The fourth-order valence-corrected chi connectivity index (χ4v) is 3.42. The summed E-state index contributed by atoms with van der Waals surface area (Å²) in [5.74, 6) is 0.878. The second kappa shape index (κ2) is 5.49. The number of ether oxygens (including phenoxy) is 1. The van der Waals surface area contributed by atoms with Crippen molar-refractivity contribution in [2.24, 2.45) is 0 Å². The Morgan fingerprint density at radius 2 is 1.68 bits per heavy atom. The van der Waals surface area contributed by atoms with Crippen molar-refractivity contribution in [3.63, 3.8) is 0 Å². The number of benzene rings is 1. The molecule has 2 nitrogen and oxygen atoms in total. The fourth-order valence-electron chi connectivity index (χ4n) is 1.96. The third-order valence-corrected chi connectivity index (χ3v) is 4.72. The molecule has 1 aromatic heterocycles. The van der Waals surface area contributed by atoms with Gasteiger partial charge in [0.25, 0.3) is 0 Å². The van der Waals surface area contributed by atoms with Crippen LogP contribution in [0.5, 0.6) is 5.75 Å². The van der Waals surface area contributed by atoms with Crippen molar-refractivity contribution in [1.82, 2.24) is 0 Å². The van der Waals surface area contributed by atoms with Crippen LogP contribution in [-0.4, -0.2) is 15.2 Å². The number of hydrogen-bond acceptors (Lipinski definition) is 2. The summed E-state index contributed by atoms with van der Waals surface area (Å²) in [6.45, 7) is 6.86. The van der Waals surface area contributed by atoms with Gasteiger partial charge in [0.1, 0.15) is 13.8 Å². The molecular weight excluding hydrogens is 252 g/mol. The van der Waals surface area contributed by atoms with E-state index in [1.54, 1.807) is 13.4 Å². The summed E-state index contributed by atoms with van der Waals surface area (Å²) >= 11 is 0. The first kappa shape index (κ1) is 13.7. The molecule has 0 unspecified atom stereocenters. The van der Waals surface area contributed by atoms with Crippen LogP contribution in [0, 0.1) is 0 Å². The topological polar surface area (TPSA) is 22.4 Å². The van der Waals surface area contributed by atoms with E-state index in [1.807, 2.05) is 30.3 Å². The number of furan rings is 1. The lowest BCUT2D eigenvalue weighted by atomic mass is 10.2. The molecule has 0 spiro atoms. The van der Waals surface area contributed by atoms with Gasteiger partial charge in [-0.2, -0.15) is 0 Å². The van der Waals surface area contributed by atoms with Gasteiger partial charge >= 0.3 is 0 Å². The molecule has 2 rings (SSSR count). The summed E-state index contributed by atoms with van der Waals surface area (Å²) < 4.78 is 10.8. The summed E-state index contributed by atoms with van der Waals surface area (Å²) in [7, 11) is 0.261. The second-order valence-electron chi connectivity index (χ2n) is 5.56. The van der Waals surface area contributed by atoms with E-state index in [2.05, 4.69) is 31.8 Å². The van der Waals surface area contributed by atoms with Crippen LogP contribution in [0.2, 0.25) is 19.6 Å². The predicted molar refractivity (Wildman–Crippen MR) is 83.6 cm³/mol. The van der Waals surface area contributed by atoms with Crippen molar-refractivity contribution in [2.75, 3.05) is 7.11 Å². The molecule has 1 heterocycles. The molecule has 100 valence electrons. The van der Waals surface area contributed by atoms with E-state index in [0.29, 0.717) is 0 Å². The molecule has 0 saturated heterocycles. The van der Waals surface area contributed by atoms with Gasteiger partial charge in [-0.15, -0.1) is 0 Å². The van der Waals surface area contributed by atoms with Crippen LogP contribution in [-0.2, 0) is 0 Å². The molecule has 19 heavy (non-hydrogen) atoms. The number of hydrogen-bond donors (Lipinski definition) is 0. The Hall–Kier alpha value is -1.74. The maximum Gasteiger partial charge on any atom is 0.124 e. The fraction of sp³-hybridized carbons (Fsp3) is 0.250. The van der Waals surface area contributed by atoms with Gasteiger partial charge in [-0.25, -0.2) is 0 Å². The molecule has 0 aliphatic rings. The summed E-state index contributed by atoms with van der Waals surface area (Å²) in [6, 6.07) is 10.1. The van der Waals surface area contributed by atoms with Crippen LogP contribution in [0.4, 0.5) is 0 Å². The quantitative estimate of drug-likeness (QED) is 0.785. The van der Waals surface area contributed by atoms with Gasteiger partial charge in [0, 0.05) is 5.56 Å². The van der Waals surface area contributed by atoms with Crippen LogP contribution in [0.1, 0.15) is 11.1 Å². The number of methoxy groups -OCH3 is 1.